The third kappa shape index (κ3) is 7.88. The largest absolute Gasteiger partial charge is 0.379 e. The Kier molecular flexibility index (Phi) is 7.23. The van der Waals surface area contributed by atoms with Crippen molar-refractivity contribution in [3.8, 4) is 0 Å². The van der Waals surface area contributed by atoms with Gasteiger partial charge in [-0.15, -0.1) is 0 Å². The summed E-state index contributed by atoms with van der Waals surface area (Å²) in [6.45, 7) is 9.58. The highest BCUT2D eigenvalue weighted by Crippen LogP contribution is 2.07. The second-order valence-electron chi connectivity index (χ2n) is 4.62. The zero-order chi connectivity index (χ0) is 11.0. The predicted octanol–water partition coefficient (Wildman–Crippen LogP) is 2.77. The van der Waals surface area contributed by atoms with Crippen LogP contribution in [0, 0.1) is 11.8 Å². The number of carbonyl (C=O) groups excluding carboxylic acids is 1. The normalized spacial score (nSPS) is 10.4. The molecule has 0 aliphatic heterocycles. The van der Waals surface area contributed by atoms with Crippen molar-refractivity contribution in [3.05, 3.63) is 5.70 Å². The first-order valence-electron chi connectivity index (χ1n) is 5.54. The van der Waals surface area contributed by atoms with Gasteiger partial charge in [-0.05, 0) is 31.1 Å². The van der Waals surface area contributed by atoms with Gasteiger partial charge in [0.15, 0.2) is 0 Å². The summed E-state index contributed by atoms with van der Waals surface area (Å²) in [6, 6.07) is 0. The summed E-state index contributed by atoms with van der Waals surface area (Å²) in [7, 11) is 0. The Hall–Kier alpha value is -0.750. The van der Waals surface area contributed by atoms with Gasteiger partial charge in [-0.25, -0.2) is 4.79 Å². The first-order chi connectivity index (χ1) is 6.56. The van der Waals surface area contributed by atoms with Crippen molar-refractivity contribution in [2.75, 3.05) is 6.54 Å². The average Bonchev–Trinajstić information content (AvgIpc) is 2.10. The van der Waals surface area contributed by atoms with Crippen LogP contribution < -0.4 is 5.32 Å². The fourth-order valence-corrected chi connectivity index (χ4v) is 1.12. The van der Waals surface area contributed by atoms with Gasteiger partial charge in [0.25, 0.3) is 0 Å². The van der Waals surface area contributed by atoms with Gasteiger partial charge in [-0.1, -0.05) is 27.7 Å². The van der Waals surface area contributed by atoms with Crippen LogP contribution in [0.4, 0.5) is 0 Å². The maximum atomic E-state index is 10.6. The highest BCUT2D eigenvalue weighted by Gasteiger charge is 2.01. The highest BCUT2D eigenvalue weighted by atomic mass is 16.1. The Morgan fingerprint density at radius 1 is 1.14 bits per heavy atom. The first kappa shape index (κ1) is 13.2. The second kappa shape index (κ2) is 7.64. The summed E-state index contributed by atoms with van der Waals surface area (Å²) in [6.07, 6.45) is 2.99. The van der Waals surface area contributed by atoms with E-state index in [0.29, 0.717) is 11.8 Å². The summed E-state index contributed by atoms with van der Waals surface area (Å²) in [5, 5.41) is 3.15. The third-order valence-corrected chi connectivity index (χ3v) is 2.15. The SMILES string of the molecule is CC(C)CCNC(=C=O)CCC(C)C. The van der Waals surface area contributed by atoms with E-state index in [1.807, 2.05) is 5.94 Å². The lowest BCUT2D eigenvalue weighted by Gasteiger charge is -2.10. The van der Waals surface area contributed by atoms with Gasteiger partial charge in [0, 0.05) is 6.54 Å². The molecule has 0 unspecified atom stereocenters. The van der Waals surface area contributed by atoms with E-state index in [2.05, 4.69) is 33.0 Å². The molecule has 0 aliphatic carbocycles. The van der Waals surface area contributed by atoms with Crippen molar-refractivity contribution in [3.63, 3.8) is 0 Å². The molecule has 0 aromatic heterocycles. The van der Waals surface area contributed by atoms with Gasteiger partial charge in [0.1, 0.15) is 5.94 Å². The summed E-state index contributed by atoms with van der Waals surface area (Å²) in [5.74, 6) is 3.31. The molecule has 1 N–H and O–H groups in total. The highest BCUT2D eigenvalue weighted by molar-refractivity contribution is 5.51. The molecule has 0 rings (SSSR count). The van der Waals surface area contributed by atoms with E-state index in [4.69, 9.17) is 0 Å². The van der Waals surface area contributed by atoms with Gasteiger partial charge in [0.05, 0.1) is 5.70 Å². The van der Waals surface area contributed by atoms with E-state index >= 15 is 0 Å². The van der Waals surface area contributed by atoms with Gasteiger partial charge < -0.3 is 5.32 Å². The number of nitrogens with one attached hydrogen (secondary N) is 1. The van der Waals surface area contributed by atoms with Gasteiger partial charge in [-0.2, -0.15) is 0 Å². The van der Waals surface area contributed by atoms with Crippen LogP contribution in [0.3, 0.4) is 0 Å². The first-order valence-corrected chi connectivity index (χ1v) is 5.54. The van der Waals surface area contributed by atoms with Crippen molar-refractivity contribution in [1.82, 2.24) is 5.32 Å². The van der Waals surface area contributed by atoms with Gasteiger partial charge >= 0.3 is 0 Å². The van der Waals surface area contributed by atoms with Crippen LogP contribution in [0.15, 0.2) is 5.70 Å². The minimum absolute atomic E-state index is 0.644. The molecule has 0 saturated heterocycles. The summed E-state index contributed by atoms with van der Waals surface area (Å²) < 4.78 is 0. The Bertz CT molecular complexity index is 190. The van der Waals surface area contributed by atoms with Crippen LogP contribution in [0.5, 0.6) is 0 Å². The van der Waals surface area contributed by atoms with Crippen LogP contribution in [0.1, 0.15) is 47.0 Å². The number of allylic oxidation sites excluding steroid dienone is 1. The van der Waals surface area contributed by atoms with E-state index in [1.54, 1.807) is 0 Å². The Morgan fingerprint density at radius 2 is 1.71 bits per heavy atom. The van der Waals surface area contributed by atoms with Crippen molar-refractivity contribution < 1.29 is 4.79 Å². The molecular weight excluding hydrogens is 174 g/mol. The van der Waals surface area contributed by atoms with Gasteiger partial charge in [0.2, 0.25) is 0 Å². The molecule has 0 fully saturated rings. The molecule has 0 aromatic rings. The molecule has 82 valence electrons. The van der Waals surface area contributed by atoms with Crippen molar-refractivity contribution >= 4 is 5.94 Å². The number of rotatable bonds is 7. The number of hydrogen-bond acceptors (Lipinski definition) is 2. The maximum Gasteiger partial charge on any atom is 0.145 e. The smallest absolute Gasteiger partial charge is 0.145 e. The average molecular weight is 197 g/mol. The van der Waals surface area contributed by atoms with Gasteiger partial charge in [-0.3, -0.25) is 0 Å². The Labute approximate surface area is 87.8 Å². The Balaban J connectivity index is 3.66. The molecular formula is C12H23NO. The maximum absolute atomic E-state index is 10.6. The van der Waals surface area contributed by atoms with Crippen LogP contribution in [-0.2, 0) is 4.79 Å². The van der Waals surface area contributed by atoms with Crippen LogP contribution in [0.25, 0.3) is 0 Å². The summed E-state index contributed by atoms with van der Waals surface area (Å²) >= 11 is 0. The fraction of sp³-hybridized carbons (Fsp3) is 0.833. The Morgan fingerprint density at radius 3 is 2.14 bits per heavy atom. The van der Waals surface area contributed by atoms with Crippen molar-refractivity contribution in [2.24, 2.45) is 11.8 Å². The lowest BCUT2D eigenvalue weighted by Crippen LogP contribution is -2.17. The van der Waals surface area contributed by atoms with E-state index < -0.39 is 0 Å². The second-order valence-corrected chi connectivity index (χ2v) is 4.62. The topological polar surface area (TPSA) is 29.1 Å². The molecule has 2 heteroatoms. The molecule has 0 saturated carbocycles. The third-order valence-electron chi connectivity index (χ3n) is 2.15. The quantitative estimate of drug-likeness (QED) is 0.636. The fourth-order valence-electron chi connectivity index (χ4n) is 1.12. The number of hydrogen-bond donors (Lipinski definition) is 1. The monoisotopic (exact) mass is 197 g/mol. The van der Waals surface area contributed by atoms with Crippen LogP contribution >= 0.6 is 0 Å². The van der Waals surface area contributed by atoms with Crippen LogP contribution in [-0.4, -0.2) is 12.5 Å². The molecule has 0 spiro atoms. The standard InChI is InChI=1S/C12H23NO/c1-10(2)5-6-12(9-14)13-8-7-11(3)4/h10-11,13H,5-8H2,1-4H3. The molecule has 0 amide bonds. The molecule has 0 radical (unpaired) electrons. The molecule has 0 atom stereocenters. The van der Waals surface area contributed by atoms with E-state index in [9.17, 15) is 4.79 Å². The van der Waals surface area contributed by atoms with E-state index in [-0.39, 0.29) is 0 Å². The van der Waals surface area contributed by atoms with Crippen molar-refractivity contribution in [2.45, 2.75) is 47.0 Å². The molecule has 14 heavy (non-hydrogen) atoms. The lowest BCUT2D eigenvalue weighted by molar-refractivity contribution is 0.526. The van der Waals surface area contributed by atoms with Crippen molar-refractivity contribution in [1.29, 1.82) is 0 Å². The van der Waals surface area contributed by atoms with E-state index in [1.165, 1.54) is 0 Å². The zero-order valence-corrected chi connectivity index (χ0v) is 9.89. The predicted molar refractivity (Wildman–Crippen MR) is 60.7 cm³/mol. The molecule has 0 aromatic carbocycles. The molecule has 2 nitrogen and oxygen atoms in total. The van der Waals surface area contributed by atoms with E-state index in [0.717, 1.165) is 31.5 Å². The minimum Gasteiger partial charge on any atom is -0.379 e. The van der Waals surface area contributed by atoms with Crippen LogP contribution in [0.2, 0.25) is 0 Å². The minimum atomic E-state index is 0.644. The molecule has 0 heterocycles. The molecule has 0 bridgehead atoms. The lowest BCUT2D eigenvalue weighted by atomic mass is 10.1. The summed E-state index contributed by atoms with van der Waals surface area (Å²) in [5.41, 5.74) is 0.736. The molecule has 0 aliphatic rings. The summed E-state index contributed by atoms with van der Waals surface area (Å²) in [4.78, 5) is 10.6. The zero-order valence-electron chi connectivity index (χ0n) is 9.89.